The first-order chi connectivity index (χ1) is 39.0. The Hall–Kier alpha value is -5.83. The van der Waals surface area contributed by atoms with Gasteiger partial charge in [-0.2, -0.15) is 0 Å². The number of aromatic hydroxyl groups is 1. The summed E-state index contributed by atoms with van der Waals surface area (Å²) in [4.78, 5) is 136. The van der Waals surface area contributed by atoms with Crippen LogP contribution < -0.4 is 31.9 Å². The van der Waals surface area contributed by atoms with E-state index in [0.717, 1.165) is 6.42 Å². The van der Waals surface area contributed by atoms with E-state index in [1.54, 1.807) is 31.2 Å². The lowest BCUT2D eigenvalue weighted by atomic mass is 9.76. The number of benzene rings is 2. The molecule has 0 aromatic heterocycles. The normalized spacial score (nSPS) is 25.0. The maximum atomic E-state index is 14.7. The van der Waals surface area contributed by atoms with Crippen LogP contribution in [0.15, 0.2) is 53.4 Å². The van der Waals surface area contributed by atoms with E-state index in [1.165, 1.54) is 38.3 Å². The monoisotopic (exact) mass is 1160 g/mol. The quantitative estimate of drug-likeness (QED) is 0.0603. The Labute approximate surface area is 481 Å². The Bertz CT molecular complexity index is 2730. The smallest absolute Gasteiger partial charge is 0.220 e. The second-order valence-electron chi connectivity index (χ2n) is 24.4. The predicted molar refractivity (Wildman–Crippen MR) is 297 cm³/mol. The van der Waals surface area contributed by atoms with Crippen molar-refractivity contribution >= 4 is 68.0 Å². The standard InChI is InChI=1S/C62H86N4O15S/c1-36(62(64)78)21-57(72)52-34-65-32-44(52)30-55(70)41(12-19-61(76)77)27-58(73)50-9-6-8-39(50)25-56(71)43(23-38-10-13-46(68)14-11-38)28-60(75)53-35-66-33-45(53)29-54(69)40(7-4-5-20-63)26-59(74)51-31-49(24-42(51)22-37(2)67)82(79,80)48-17-15-47(81-3)16-18-48/h10-11,13-18,36,39-45,49-53,65-66,68H,4-9,12,19-35,63H2,1-3H3,(H2,64,78)(H,76,77)/p+2/t36-,39?,40-,41-,42?,43-,44?,45?,49?,50?,51?,52?,53?/m0/s1. The number of aliphatic carboxylic acids is 1. The minimum absolute atomic E-state index is 0.0142. The van der Waals surface area contributed by atoms with E-state index >= 15 is 0 Å². The highest BCUT2D eigenvalue weighted by Crippen LogP contribution is 2.43. The van der Waals surface area contributed by atoms with Crippen molar-refractivity contribution in [1.82, 2.24) is 0 Å². The number of nitrogens with two attached hydrogens (primary N) is 3. The van der Waals surface area contributed by atoms with Crippen molar-refractivity contribution in [2.45, 2.75) is 146 Å². The van der Waals surface area contributed by atoms with Crippen LogP contribution in [-0.4, -0.2) is 117 Å². The Morgan fingerprint density at radius 2 is 1.20 bits per heavy atom. The Kier molecular flexibility index (Phi) is 24.4. The van der Waals surface area contributed by atoms with Crippen molar-refractivity contribution in [1.29, 1.82) is 0 Å². The van der Waals surface area contributed by atoms with Crippen LogP contribution in [0.3, 0.4) is 0 Å². The molecular weight excluding hydrogens is 1070 g/mol. The lowest BCUT2D eigenvalue weighted by Crippen LogP contribution is -2.81. The molecule has 82 heavy (non-hydrogen) atoms. The summed E-state index contributed by atoms with van der Waals surface area (Å²) in [6, 6.07) is 12.4. The molecule has 13 atom stereocenters. The van der Waals surface area contributed by atoms with Gasteiger partial charge in [-0.3, -0.25) is 38.4 Å². The van der Waals surface area contributed by atoms with E-state index in [4.69, 9.17) is 10.5 Å². The van der Waals surface area contributed by atoms with Gasteiger partial charge in [0.1, 0.15) is 57.8 Å². The lowest BCUT2D eigenvalue weighted by Gasteiger charge is -2.25. The minimum Gasteiger partial charge on any atom is -0.550 e. The number of Topliss-reactive ketones (excluding diaryl/α,β-unsaturated/α-hetero) is 8. The first kappa shape index (κ1) is 65.3. The number of rotatable bonds is 36. The van der Waals surface area contributed by atoms with E-state index in [9.17, 15) is 66.6 Å². The number of phenolic OH excluding ortho intramolecular Hbond substituents is 1. The minimum atomic E-state index is -3.88. The van der Waals surface area contributed by atoms with E-state index in [1.807, 2.05) is 10.6 Å². The van der Waals surface area contributed by atoms with Gasteiger partial charge in [-0.25, -0.2) is 8.42 Å². The van der Waals surface area contributed by atoms with E-state index in [0.29, 0.717) is 76.1 Å². The SMILES string of the molecule is COc1ccc(S(=O)(=O)C2CC(CC(C)=O)C(C(=O)C[C@H](CCCC[NH3+])C(=O)CC3C[NH2+]CC3C(=O)C[C@H](Cc3ccc(O)cc3)C(=O)CC3CCCC3C(=O)C[C@H](CCC(=O)[O-])C(=O)CC3C[NH2+]CC3C(=O)C[C@H](C)C(N)=O)C2)cc1. The molecule has 1 amide bonds. The number of carbonyl (C=O) groups excluding carboxylic acids is 10. The zero-order chi connectivity index (χ0) is 59.8. The molecule has 19 nitrogen and oxygen atoms in total. The molecule has 2 aliphatic heterocycles. The molecule has 0 radical (unpaired) electrons. The number of primary amides is 1. The second-order valence-corrected chi connectivity index (χ2v) is 26.6. The molecule has 2 aromatic carbocycles. The summed E-state index contributed by atoms with van der Waals surface area (Å²) in [6.45, 7) is 5.39. The van der Waals surface area contributed by atoms with Gasteiger partial charge in [0, 0.05) is 105 Å². The highest BCUT2D eigenvalue weighted by atomic mass is 32.2. The number of amides is 1. The maximum Gasteiger partial charge on any atom is 0.220 e. The average molecular weight is 1160 g/mol. The first-order valence-corrected chi connectivity index (χ1v) is 31.3. The van der Waals surface area contributed by atoms with Crippen LogP contribution in [0, 0.1) is 71.0 Å². The van der Waals surface area contributed by atoms with Crippen LogP contribution in [-0.2, 0) is 64.2 Å². The van der Waals surface area contributed by atoms with Gasteiger partial charge in [0.25, 0.3) is 0 Å². The number of methoxy groups -OCH3 is 1. The highest BCUT2D eigenvalue weighted by molar-refractivity contribution is 7.92. The molecule has 0 bridgehead atoms. The Balaban J connectivity index is 1.13. The van der Waals surface area contributed by atoms with Crippen molar-refractivity contribution < 1.29 is 87.7 Å². The van der Waals surface area contributed by atoms with Crippen LogP contribution in [0.4, 0.5) is 0 Å². The molecule has 2 saturated heterocycles. The predicted octanol–water partition coefficient (Wildman–Crippen LogP) is 1.45. The molecule has 10 N–H and O–H groups in total. The molecule has 2 aliphatic carbocycles. The second kappa shape index (κ2) is 30.6. The van der Waals surface area contributed by atoms with Crippen molar-refractivity contribution in [3.05, 3.63) is 54.1 Å². The van der Waals surface area contributed by atoms with Gasteiger partial charge in [0.2, 0.25) is 5.91 Å². The van der Waals surface area contributed by atoms with Crippen LogP contribution in [0.5, 0.6) is 11.5 Å². The number of hydrogen-bond acceptors (Lipinski definition) is 15. The summed E-state index contributed by atoms with van der Waals surface area (Å²) in [5, 5.41) is 24.7. The van der Waals surface area contributed by atoms with Crippen LogP contribution in [0.1, 0.15) is 135 Å². The fraction of sp³-hybridized carbons (Fsp3) is 0.645. The van der Waals surface area contributed by atoms with Crippen molar-refractivity contribution in [2.75, 3.05) is 39.8 Å². The number of ether oxygens (including phenoxy) is 1. The number of hydrogen-bond donors (Lipinski definition) is 5. The number of phenols is 1. The number of ketones is 8. The number of carboxylic acids is 1. The summed E-state index contributed by atoms with van der Waals surface area (Å²) in [6.07, 6.45) is 2.63. The molecule has 4 fully saturated rings. The fourth-order valence-corrected chi connectivity index (χ4v) is 15.6. The first-order valence-electron chi connectivity index (χ1n) is 29.7. The summed E-state index contributed by atoms with van der Waals surface area (Å²) in [5.74, 6) is -10.4. The number of unbranched alkanes of at least 4 members (excludes halogenated alkanes) is 1. The topological polar surface area (TPSA) is 344 Å². The number of carbonyl (C=O) groups is 10. The third-order valence-electron chi connectivity index (χ3n) is 18.5. The molecule has 4 aliphatic rings. The molecule has 450 valence electrons. The fourth-order valence-electron chi connectivity index (χ4n) is 13.8. The third-order valence-corrected chi connectivity index (χ3v) is 20.7. The van der Waals surface area contributed by atoms with E-state index < -0.39 is 92.6 Å². The van der Waals surface area contributed by atoms with Gasteiger partial charge in [-0.05, 0) is 125 Å². The summed E-state index contributed by atoms with van der Waals surface area (Å²) >= 11 is 0. The average Bonchev–Trinajstić information content (AvgIpc) is 4.15. The van der Waals surface area contributed by atoms with E-state index in [-0.39, 0.29) is 146 Å². The molecule has 2 aromatic rings. The molecule has 6 rings (SSSR count). The summed E-state index contributed by atoms with van der Waals surface area (Å²) in [5.41, 5.74) is 10.1. The molecule has 0 spiro atoms. The zero-order valence-electron chi connectivity index (χ0n) is 48.1. The van der Waals surface area contributed by atoms with Crippen LogP contribution in [0.25, 0.3) is 0 Å². The van der Waals surface area contributed by atoms with Gasteiger partial charge in [0.15, 0.2) is 9.84 Å². The zero-order valence-corrected chi connectivity index (χ0v) is 48.9. The highest BCUT2D eigenvalue weighted by Gasteiger charge is 2.47. The van der Waals surface area contributed by atoms with Gasteiger partial charge in [-0.1, -0.05) is 25.5 Å². The Morgan fingerprint density at radius 3 is 1.76 bits per heavy atom. The number of quaternary nitrogens is 3. The summed E-state index contributed by atoms with van der Waals surface area (Å²) in [7, 11) is -2.40. The van der Waals surface area contributed by atoms with Crippen molar-refractivity contribution in [3.63, 3.8) is 0 Å². The third kappa shape index (κ3) is 18.1. The molecule has 9 unspecified atom stereocenters. The van der Waals surface area contributed by atoms with Gasteiger partial charge >= 0.3 is 0 Å². The van der Waals surface area contributed by atoms with E-state index in [2.05, 4.69) is 5.73 Å². The Morgan fingerprint density at radius 1 is 0.659 bits per heavy atom. The van der Waals surface area contributed by atoms with Crippen molar-refractivity contribution in [3.8, 4) is 11.5 Å². The molecule has 2 saturated carbocycles. The maximum absolute atomic E-state index is 14.7. The number of sulfone groups is 1. The lowest BCUT2D eigenvalue weighted by molar-refractivity contribution is -0.639. The van der Waals surface area contributed by atoms with Gasteiger partial charge < -0.3 is 46.6 Å². The molecule has 2 heterocycles. The molecule has 20 heteroatoms. The van der Waals surface area contributed by atoms with Crippen LogP contribution in [0.2, 0.25) is 0 Å². The number of carboxylic acid groups (broad SMARTS) is 1. The summed E-state index contributed by atoms with van der Waals surface area (Å²) < 4.78 is 33.0. The molecular formula is C62H88N4O15S+2. The van der Waals surface area contributed by atoms with Crippen molar-refractivity contribution in [2.24, 2.45) is 76.7 Å². The largest absolute Gasteiger partial charge is 0.550 e. The van der Waals surface area contributed by atoms with Gasteiger partial charge in [0.05, 0.1) is 61.8 Å². The van der Waals surface area contributed by atoms with Gasteiger partial charge in [-0.15, -0.1) is 0 Å². The van der Waals surface area contributed by atoms with Crippen LogP contribution >= 0.6 is 0 Å².